The minimum Gasteiger partial charge on any atom is -0.340 e. The highest BCUT2D eigenvalue weighted by atomic mass is 32.2. The lowest BCUT2D eigenvalue weighted by Gasteiger charge is -2.00. The third-order valence-corrected chi connectivity index (χ3v) is 3.42. The van der Waals surface area contributed by atoms with Gasteiger partial charge in [0, 0.05) is 12.3 Å². The quantitative estimate of drug-likeness (QED) is 0.674. The monoisotopic (exact) mass is 257 g/mol. The van der Waals surface area contributed by atoms with Gasteiger partial charge in [0.1, 0.15) is 0 Å². The van der Waals surface area contributed by atoms with Gasteiger partial charge in [0.15, 0.2) is 5.82 Å². The molecule has 0 spiro atoms. The molecule has 0 bridgehead atoms. The van der Waals surface area contributed by atoms with Crippen LogP contribution in [0, 0.1) is 6.92 Å². The molecular formula is C13H11N3OS. The van der Waals surface area contributed by atoms with E-state index in [1.54, 1.807) is 18.7 Å². The van der Waals surface area contributed by atoms with Crippen molar-refractivity contribution in [3.05, 3.63) is 48.1 Å². The molecule has 0 aliphatic rings. The van der Waals surface area contributed by atoms with E-state index in [2.05, 4.69) is 27.3 Å². The highest BCUT2D eigenvalue weighted by molar-refractivity contribution is 7.98. The Bertz CT molecular complexity index is 681. The van der Waals surface area contributed by atoms with Crippen molar-refractivity contribution in [1.29, 1.82) is 0 Å². The molecule has 0 saturated heterocycles. The Labute approximate surface area is 108 Å². The maximum absolute atomic E-state index is 4.93. The predicted octanol–water partition coefficient (Wildman–Crippen LogP) is 3.22. The van der Waals surface area contributed by atoms with Gasteiger partial charge in [-0.15, -0.1) is 0 Å². The topological polar surface area (TPSA) is 51.8 Å². The molecule has 0 amide bonds. The Kier molecular flexibility index (Phi) is 2.98. The highest BCUT2D eigenvalue weighted by Crippen LogP contribution is 2.22. The number of aryl methyl sites for hydroxylation is 1. The SMILES string of the molecule is Cc1nc(CSc2ccc3ccccc3n2)no1. The van der Waals surface area contributed by atoms with Crippen LogP contribution >= 0.6 is 11.8 Å². The van der Waals surface area contributed by atoms with Gasteiger partial charge in [-0.25, -0.2) is 4.98 Å². The summed E-state index contributed by atoms with van der Waals surface area (Å²) < 4.78 is 4.93. The van der Waals surface area contributed by atoms with Crippen LogP contribution in [0.2, 0.25) is 0 Å². The number of rotatable bonds is 3. The Balaban J connectivity index is 1.78. The van der Waals surface area contributed by atoms with Gasteiger partial charge in [0.25, 0.3) is 0 Å². The third kappa shape index (κ3) is 2.36. The highest BCUT2D eigenvalue weighted by Gasteiger charge is 2.04. The number of hydrogen-bond donors (Lipinski definition) is 0. The average molecular weight is 257 g/mol. The van der Waals surface area contributed by atoms with Gasteiger partial charge in [-0.2, -0.15) is 4.98 Å². The fourth-order valence-electron chi connectivity index (χ4n) is 1.67. The van der Waals surface area contributed by atoms with Gasteiger partial charge >= 0.3 is 0 Å². The summed E-state index contributed by atoms with van der Waals surface area (Å²) in [6.45, 7) is 1.79. The first-order valence-corrected chi connectivity index (χ1v) is 6.57. The van der Waals surface area contributed by atoms with Crippen molar-refractivity contribution in [2.24, 2.45) is 0 Å². The van der Waals surface area contributed by atoms with Crippen molar-refractivity contribution in [3.63, 3.8) is 0 Å². The first kappa shape index (κ1) is 11.2. The molecule has 0 N–H and O–H groups in total. The van der Waals surface area contributed by atoms with Crippen molar-refractivity contribution < 1.29 is 4.52 Å². The number of aromatic nitrogens is 3. The van der Waals surface area contributed by atoms with Crippen molar-refractivity contribution in [2.75, 3.05) is 0 Å². The van der Waals surface area contributed by atoms with Crippen molar-refractivity contribution in [2.45, 2.75) is 17.7 Å². The van der Waals surface area contributed by atoms with Gasteiger partial charge in [-0.05, 0) is 12.1 Å². The van der Waals surface area contributed by atoms with Crippen LogP contribution in [0.3, 0.4) is 0 Å². The summed E-state index contributed by atoms with van der Waals surface area (Å²) >= 11 is 1.61. The van der Waals surface area contributed by atoms with Crippen LogP contribution in [0.5, 0.6) is 0 Å². The Morgan fingerprint density at radius 2 is 2.00 bits per heavy atom. The smallest absolute Gasteiger partial charge is 0.223 e. The van der Waals surface area contributed by atoms with Crippen molar-refractivity contribution >= 4 is 22.7 Å². The van der Waals surface area contributed by atoms with Gasteiger partial charge < -0.3 is 4.52 Å². The minimum absolute atomic E-state index is 0.595. The lowest BCUT2D eigenvalue weighted by molar-refractivity contribution is 0.389. The molecule has 2 heterocycles. The Morgan fingerprint density at radius 3 is 2.83 bits per heavy atom. The van der Waals surface area contributed by atoms with Crippen LogP contribution < -0.4 is 0 Å². The molecule has 0 aliphatic heterocycles. The van der Waals surface area contributed by atoms with Crippen molar-refractivity contribution in [3.8, 4) is 0 Å². The van der Waals surface area contributed by atoms with Gasteiger partial charge in [0.05, 0.1) is 16.3 Å². The third-order valence-electron chi connectivity index (χ3n) is 2.49. The maximum Gasteiger partial charge on any atom is 0.223 e. The molecule has 5 heteroatoms. The number of benzene rings is 1. The first-order valence-electron chi connectivity index (χ1n) is 5.59. The van der Waals surface area contributed by atoms with E-state index in [4.69, 9.17) is 4.52 Å². The van der Waals surface area contributed by atoms with Crippen molar-refractivity contribution in [1.82, 2.24) is 15.1 Å². The van der Waals surface area contributed by atoms with E-state index >= 15 is 0 Å². The molecule has 0 unspecified atom stereocenters. The summed E-state index contributed by atoms with van der Waals surface area (Å²) in [7, 11) is 0. The summed E-state index contributed by atoms with van der Waals surface area (Å²) in [5.41, 5.74) is 1.01. The first-order chi connectivity index (χ1) is 8.81. The summed E-state index contributed by atoms with van der Waals surface area (Å²) in [4.78, 5) is 8.74. The normalized spacial score (nSPS) is 10.9. The minimum atomic E-state index is 0.595. The molecule has 0 saturated carbocycles. The number of thioether (sulfide) groups is 1. The lowest BCUT2D eigenvalue weighted by Crippen LogP contribution is -1.86. The molecule has 0 aliphatic carbocycles. The second-order valence-electron chi connectivity index (χ2n) is 3.86. The zero-order chi connectivity index (χ0) is 12.4. The molecule has 4 nitrogen and oxygen atoms in total. The second kappa shape index (κ2) is 4.78. The predicted molar refractivity (Wildman–Crippen MR) is 70.3 cm³/mol. The zero-order valence-electron chi connectivity index (χ0n) is 9.83. The molecule has 3 aromatic rings. The molecule has 90 valence electrons. The number of hydrogen-bond acceptors (Lipinski definition) is 5. The van der Waals surface area contributed by atoms with E-state index in [0.717, 1.165) is 15.9 Å². The zero-order valence-corrected chi connectivity index (χ0v) is 10.6. The van der Waals surface area contributed by atoms with Crippen LogP contribution in [-0.4, -0.2) is 15.1 Å². The molecule has 0 fully saturated rings. The molecular weight excluding hydrogens is 246 g/mol. The summed E-state index contributed by atoms with van der Waals surface area (Å²) in [6.07, 6.45) is 0. The average Bonchev–Trinajstić information content (AvgIpc) is 2.82. The van der Waals surface area contributed by atoms with Crippen LogP contribution in [0.15, 0.2) is 45.9 Å². The fraction of sp³-hybridized carbons (Fsp3) is 0.154. The molecule has 1 aromatic carbocycles. The molecule has 0 atom stereocenters. The molecule has 0 radical (unpaired) electrons. The van der Waals surface area contributed by atoms with Gasteiger partial charge in [-0.3, -0.25) is 0 Å². The summed E-state index contributed by atoms with van der Waals surface area (Å²) in [6, 6.07) is 12.2. The van der Waals surface area contributed by atoms with E-state index in [1.807, 2.05) is 24.3 Å². The van der Waals surface area contributed by atoms with Crippen LogP contribution in [0.4, 0.5) is 0 Å². The Hall–Kier alpha value is -1.88. The van der Waals surface area contributed by atoms with Crippen LogP contribution in [0.1, 0.15) is 11.7 Å². The number of nitrogens with zero attached hydrogens (tertiary/aromatic N) is 3. The van der Waals surface area contributed by atoms with E-state index in [1.165, 1.54) is 0 Å². The van der Waals surface area contributed by atoms with E-state index in [0.29, 0.717) is 17.5 Å². The van der Waals surface area contributed by atoms with E-state index in [9.17, 15) is 0 Å². The fourth-order valence-corrected chi connectivity index (χ4v) is 2.39. The number of fused-ring (bicyclic) bond motifs is 1. The summed E-state index contributed by atoms with van der Waals surface area (Å²) in [5.74, 6) is 1.97. The molecule has 18 heavy (non-hydrogen) atoms. The van der Waals surface area contributed by atoms with E-state index in [-0.39, 0.29) is 0 Å². The van der Waals surface area contributed by atoms with Gasteiger partial charge in [-0.1, -0.05) is 41.2 Å². The Morgan fingerprint density at radius 1 is 1.11 bits per heavy atom. The van der Waals surface area contributed by atoms with Gasteiger partial charge in [0.2, 0.25) is 5.89 Å². The van der Waals surface area contributed by atoms with E-state index < -0.39 is 0 Å². The van der Waals surface area contributed by atoms with Crippen LogP contribution in [0.25, 0.3) is 10.9 Å². The second-order valence-corrected chi connectivity index (χ2v) is 4.86. The number of pyridine rings is 1. The lowest BCUT2D eigenvalue weighted by atomic mass is 10.2. The van der Waals surface area contributed by atoms with Crippen LogP contribution in [-0.2, 0) is 5.75 Å². The number of para-hydroxylation sites is 1. The summed E-state index contributed by atoms with van der Waals surface area (Å²) in [5, 5.41) is 5.98. The standard InChI is InChI=1S/C13H11N3OS/c1-9-14-12(16-17-9)8-18-13-7-6-10-4-2-3-5-11(10)15-13/h2-7H,8H2,1H3. The largest absolute Gasteiger partial charge is 0.340 e. The molecule has 3 rings (SSSR count). The maximum atomic E-state index is 4.93. The molecule has 2 aromatic heterocycles.